The highest BCUT2D eigenvalue weighted by Gasteiger charge is 2.07. The van der Waals surface area contributed by atoms with Crippen molar-refractivity contribution < 1.29 is 13.9 Å². The molecule has 0 saturated carbocycles. The quantitative estimate of drug-likeness (QED) is 0.779. The number of benzene rings is 2. The lowest BCUT2D eigenvalue weighted by atomic mass is 10.1. The highest BCUT2D eigenvalue weighted by Crippen LogP contribution is 2.19. The Labute approximate surface area is 142 Å². The van der Waals surface area contributed by atoms with Gasteiger partial charge in [0.15, 0.2) is 11.6 Å². The van der Waals surface area contributed by atoms with Crippen molar-refractivity contribution in [3.8, 4) is 5.75 Å². The molecule has 1 amide bonds. The second-order valence-electron chi connectivity index (χ2n) is 5.50. The maximum Gasteiger partial charge on any atom is 0.224 e. The number of methoxy groups -OCH3 is 1. The van der Waals surface area contributed by atoms with Gasteiger partial charge in [-0.1, -0.05) is 25.1 Å². The third-order valence-electron chi connectivity index (χ3n) is 3.65. The minimum atomic E-state index is -0.411. The van der Waals surface area contributed by atoms with Gasteiger partial charge < -0.3 is 15.4 Å². The predicted octanol–water partition coefficient (Wildman–Crippen LogP) is 3.52. The Morgan fingerprint density at radius 3 is 2.71 bits per heavy atom. The van der Waals surface area contributed by atoms with Crippen LogP contribution in [0.5, 0.6) is 5.75 Å². The van der Waals surface area contributed by atoms with Crippen LogP contribution in [0.4, 0.5) is 10.1 Å². The molecule has 0 atom stereocenters. The number of halogens is 1. The average Bonchev–Trinajstić information content (AvgIpc) is 2.58. The van der Waals surface area contributed by atoms with E-state index in [0.717, 1.165) is 29.9 Å². The molecule has 0 aliphatic heterocycles. The van der Waals surface area contributed by atoms with Gasteiger partial charge in [-0.15, -0.1) is 0 Å². The van der Waals surface area contributed by atoms with Gasteiger partial charge in [0.1, 0.15) is 0 Å². The fourth-order valence-electron chi connectivity index (χ4n) is 2.38. The van der Waals surface area contributed by atoms with Crippen LogP contribution in [0.2, 0.25) is 0 Å². The van der Waals surface area contributed by atoms with E-state index in [1.807, 2.05) is 31.2 Å². The van der Waals surface area contributed by atoms with Gasteiger partial charge in [0.2, 0.25) is 5.91 Å². The summed E-state index contributed by atoms with van der Waals surface area (Å²) < 4.78 is 18.5. The van der Waals surface area contributed by atoms with Gasteiger partial charge in [-0.2, -0.15) is 0 Å². The summed E-state index contributed by atoms with van der Waals surface area (Å²) >= 11 is 0. The van der Waals surface area contributed by atoms with Gasteiger partial charge in [0, 0.05) is 18.7 Å². The molecule has 0 spiro atoms. The number of nitrogens with one attached hydrogen (secondary N) is 2. The van der Waals surface area contributed by atoms with E-state index in [1.165, 1.54) is 13.2 Å². The molecule has 2 rings (SSSR count). The van der Waals surface area contributed by atoms with E-state index in [2.05, 4.69) is 10.6 Å². The van der Waals surface area contributed by atoms with Gasteiger partial charge in [-0.3, -0.25) is 4.79 Å². The fraction of sp³-hybridized carbons (Fsp3) is 0.316. The number of ether oxygens (including phenoxy) is 1. The number of aryl methyl sites for hydroxylation is 1. The number of hydrogen-bond acceptors (Lipinski definition) is 3. The Bertz CT molecular complexity index is 689. The Morgan fingerprint density at radius 1 is 1.17 bits per heavy atom. The summed E-state index contributed by atoms with van der Waals surface area (Å²) in [6, 6.07) is 12.5. The number of hydrogen-bond donors (Lipinski definition) is 2. The number of rotatable bonds is 8. The molecular formula is C19H23FN2O2. The van der Waals surface area contributed by atoms with Gasteiger partial charge in [-0.05, 0) is 48.4 Å². The second-order valence-corrected chi connectivity index (χ2v) is 5.50. The Balaban J connectivity index is 1.88. The van der Waals surface area contributed by atoms with Crippen LogP contribution in [0, 0.1) is 5.82 Å². The Kier molecular flexibility index (Phi) is 6.75. The van der Waals surface area contributed by atoms with Crippen molar-refractivity contribution in [2.24, 2.45) is 0 Å². The lowest BCUT2D eigenvalue weighted by Gasteiger charge is -2.08. The summed E-state index contributed by atoms with van der Waals surface area (Å²) in [6.07, 6.45) is 0.771. The zero-order valence-corrected chi connectivity index (χ0v) is 14.1. The monoisotopic (exact) mass is 330 g/mol. The Morgan fingerprint density at radius 2 is 2.00 bits per heavy atom. The molecule has 2 aromatic carbocycles. The molecule has 0 aromatic heterocycles. The largest absolute Gasteiger partial charge is 0.494 e. The molecule has 2 aromatic rings. The topological polar surface area (TPSA) is 50.4 Å². The highest BCUT2D eigenvalue weighted by molar-refractivity contribution is 5.90. The van der Waals surface area contributed by atoms with Crippen molar-refractivity contribution in [2.75, 3.05) is 19.0 Å². The molecule has 0 fully saturated rings. The van der Waals surface area contributed by atoms with E-state index >= 15 is 0 Å². The maximum absolute atomic E-state index is 13.6. The van der Waals surface area contributed by atoms with Crippen LogP contribution in [0.25, 0.3) is 0 Å². The van der Waals surface area contributed by atoms with Crippen molar-refractivity contribution in [1.82, 2.24) is 5.32 Å². The number of amides is 1. The van der Waals surface area contributed by atoms with Crippen molar-refractivity contribution in [2.45, 2.75) is 26.3 Å². The van der Waals surface area contributed by atoms with E-state index in [-0.39, 0.29) is 11.7 Å². The molecule has 4 nitrogen and oxygen atoms in total. The van der Waals surface area contributed by atoms with E-state index < -0.39 is 5.82 Å². The molecule has 0 unspecified atom stereocenters. The van der Waals surface area contributed by atoms with Crippen LogP contribution in [-0.4, -0.2) is 19.6 Å². The second kappa shape index (κ2) is 9.03. The molecule has 0 heterocycles. The van der Waals surface area contributed by atoms with Crippen LogP contribution in [0.3, 0.4) is 0 Å². The lowest BCUT2D eigenvalue weighted by Crippen LogP contribution is -2.14. The van der Waals surface area contributed by atoms with Crippen LogP contribution < -0.4 is 15.4 Å². The Hall–Kier alpha value is -2.40. The molecular weight excluding hydrogens is 307 g/mol. The normalized spacial score (nSPS) is 10.5. The van der Waals surface area contributed by atoms with E-state index in [4.69, 9.17) is 4.74 Å². The third kappa shape index (κ3) is 5.35. The zero-order valence-electron chi connectivity index (χ0n) is 14.1. The van der Waals surface area contributed by atoms with Crippen molar-refractivity contribution in [3.63, 3.8) is 0 Å². The van der Waals surface area contributed by atoms with Gasteiger partial charge in [0.25, 0.3) is 0 Å². The van der Waals surface area contributed by atoms with Crippen LogP contribution in [0.15, 0.2) is 42.5 Å². The number of carbonyl (C=O) groups is 1. The van der Waals surface area contributed by atoms with E-state index in [1.54, 1.807) is 12.1 Å². The molecule has 0 bridgehead atoms. The summed E-state index contributed by atoms with van der Waals surface area (Å²) in [5, 5.41) is 6.13. The first-order valence-corrected chi connectivity index (χ1v) is 8.04. The smallest absolute Gasteiger partial charge is 0.224 e. The molecule has 128 valence electrons. The third-order valence-corrected chi connectivity index (χ3v) is 3.65. The average molecular weight is 330 g/mol. The summed E-state index contributed by atoms with van der Waals surface area (Å²) in [5.41, 5.74) is 2.66. The molecule has 0 aliphatic carbocycles. The summed E-state index contributed by atoms with van der Waals surface area (Å²) in [6.45, 7) is 3.72. The first-order valence-electron chi connectivity index (χ1n) is 8.04. The minimum absolute atomic E-state index is 0.0909. The lowest BCUT2D eigenvalue weighted by molar-refractivity contribution is -0.116. The standard InChI is InChI=1S/C19H23FN2O2/c1-3-21-13-15-5-4-6-16(11-15)22-19(23)10-8-14-7-9-18(24-2)17(20)12-14/h4-7,9,11-12,21H,3,8,10,13H2,1-2H3,(H,22,23). The van der Waals surface area contributed by atoms with Gasteiger partial charge in [-0.25, -0.2) is 4.39 Å². The molecule has 2 N–H and O–H groups in total. The first kappa shape index (κ1) is 17.9. The van der Waals surface area contributed by atoms with E-state index in [0.29, 0.717) is 12.8 Å². The van der Waals surface area contributed by atoms with Crippen LogP contribution in [0.1, 0.15) is 24.5 Å². The molecule has 5 heteroatoms. The predicted molar refractivity (Wildman–Crippen MR) is 93.7 cm³/mol. The molecule has 0 aliphatic rings. The van der Waals surface area contributed by atoms with Crippen LogP contribution >= 0.6 is 0 Å². The summed E-state index contributed by atoms with van der Waals surface area (Å²) in [5.74, 6) is -0.293. The van der Waals surface area contributed by atoms with Crippen LogP contribution in [-0.2, 0) is 17.8 Å². The van der Waals surface area contributed by atoms with Gasteiger partial charge in [0.05, 0.1) is 7.11 Å². The maximum atomic E-state index is 13.6. The SMILES string of the molecule is CCNCc1cccc(NC(=O)CCc2ccc(OC)c(F)c2)c1. The van der Waals surface area contributed by atoms with Gasteiger partial charge >= 0.3 is 0 Å². The summed E-state index contributed by atoms with van der Waals surface area (Å²) in [4.78, 5) is 12.1. The molecule has 0 radical (unpaired) electrons. The first-order chi connectivity index (χ1) is 11.6. The van der Waals surface area contributed by atoms with Crippen molar-refractivity contribution in [3.05, 3.63) is 59.4 Å². The zero-order chi connectivity index (χ0) is 17.4. The molecule has 24 heavy (non-hydrogen) atoms. The highest BCUT2D eigenvalue weighted by atomic mass is 19.1. The fourth-order valence-corrected chi connectivity index (χ4v) is 2.38. The van der Waals surface area contributed by atoms with Crippen molar-refractivity contribution >= 4 is 11.6 Å². The minimum Gasteiger partial charge on any atom is -0.494 e. The number of anilines is 1. The van der Waals surface area contributed by atoms with E-state index in [9.17, 15) is 9.18 Å². The van der Waals surface area contributed by atoms with Crippen molar-refractivity contribution in [1.29, 1.82) is 0 Å². The molecule has 0 saturated heterocycles. The number of carbonyl (C=O) groups excluding carboxylic acids is 1. The summed E-state index contributed by atoms with van der Waals surface area (Å²) in [7, 11) is 1.43.